The molecule has 2 aromatic carbocycles. The van der Waals surface area contributed by atoms with Crippen LogP contribution in [-0.4, -0.2) is 18.4 Å². The quantitative estimate of drug-likeness (QED) is 0.771. The molecule has 1 amide bonds. The van der Waals surface area contributed by atoms with E-state index in [1.165, 1.54) is 5.56 Å². The SMILES string of the molecule is CC(C)(C)c1ccc(COC(=O)CCNC(=O)Cc2ccccc2)cc1. The van der Waals surface area contributed by atoms with Crippen molar-refractivity contribution in [1.29, 1.82) is 0 Å². The lowest BCUT2D eigenvalue weighted by molar-refractivity contribution is -0.144. The third-order valence-electron chi connectivity index (χ3n) is 4.08. The van der Waals surface area contributed by atoms with Gasteiger partial charge in [-0.05, 0) is 22.1 Å². The Morgan fingerprint density at radius 3 is 2.19 bits per heavy atom. The van der Waals surface area contributed by atoms with E-state index >= 15 is 0 Å². The zero-order valence-electron chi connectivity index (χ0n) is 15.7. The molecule has 2 rings (SSSR count). The second-order valence-corrected chi connectivity index (χ2v) is 7.37. The maximum atomic E-state index is 11.8. The first kappa shape index (κ1) is 19.7. The van der Waals surface area contributed by atoms with E-state index in [0.29, 0.717) is 6.42 Å². The normalized spacial score (nSPS) is 11.0. The lowest BCUT2D eigenvalue weighted by Gasteiger charge is -2.19. The summed E-state index contributed by atoms with van der Waals surface area (Å²) in [6, 6.07) is 17.6. The fourth-order valence-electron chi connectivity index (χ4n) is 2.48. The molecule has 0 unspecified atom stereocenters. The van der Waals surface area contributed by atoms with E-state index in [2.05, 4.69) is 38.2 Å². The monoisotopic (exact) mass is 353 g/mol. The van der Waals surface area contributed by atoms with Gasteiger partial charge in [-0.3, -0.25) is 9.59 Å². The van der Waals surface area contributed by atoms with Crippen LogP contribution in [0.4, 0.5) is 0 Å². The molecule has 0 spiro atoms. The Hall–Kier alpha value is -2.62. The highest BCUT2D eigenvalue weighted by molar-refractivity contribution is 5.79. The summed E-state index contributed by atoms with van der Waals surface area (Å²) in [5, 5.41) is 2.74. The second kappa shape index (κ2) is 9.18. The topological polar surface area (TPSA) is 55.4 Å². The van der Waals surface area contributed by atoms with Crippen molar-refractivity contribution >= 4 is 11.9 Å². The van der Waals surface area contributed by atoms with Crippen molar-refractivity contribution in [3.05, 3.63) is 71.3 Å². The number of ether oxygens (including phenoxy) is 1. The highest BCUT2D eigenvalue weighted by atomic mass is 16.5. The molecule has 4 nitrogen and oxygen atoms in total. The van der Waals surface area contributed by atoms with Crippen LogP contribution in [0.1, 0.15) is 43.9 Å². The predicted molar refractivity (Wildman–Crippen MR) is 103 cm³/mol. The fourth-order valence-corrected chi connectivity index (χ4v) is 2.48. The highest BCUT2D eigenvalue weighted by Gasteiger charge is 2.13. The van der Waals surface area contributed by atoms with Crippen LogP contribution in [0.25, 0.3) is 0 Å². The molecule has 0 heterocycles. The van der Waals surface area contributed by atoms with E-state index in [0.717, 1.165) is 11.1 Å². The zero-order valence-corrected chi connectivity index (χ0v) is 15.7. The largest absolute Gasteiger partial charge is 0.461 e. The van der Waals surface area contributed by atoms with Gasteiger partial charge in [0.15, 0.2) is 0 Å². The smallest absolute Gasteiger partial charge is 0.307 e. The Balaban J connectivity index is 1.66. The second-order valence-electron chi connectivity index (χ2n) is 7.37. The van der Waals surface area contributed by atoms with E-state index in [9.17, 15) is 9.59 Å². The van der Waals surface area contributed by atoms with E-state index in [-0.39, 0.29) is 36.9 Å². The van der Waals surface area contributed by atoms with Crippen LogP contribution in [0.15, 0.2) is 54.6 Å². The molecule has 0 radical (unpaired) electrons. The predicted octanol–water partition coefficient (Wildman–Crippen LogP) is 3.78. The van der Waals surface area contributed by atoms with Crippen molar-refractivity contribution in [2.75, 3.05) is 6.54 Å². The van der Waals surface area contributed by atoms with E-state index in [4.69, 9.17) is 4.74 Å². The molecule has 0 aliphatic rings. The van der Waals surface area contributed by atoms with Crippen LogP contribution in [0.3, 0.4) is 0 Å². The first-order valence-electron chi connectivity index (χ1n) is 8.90. The van der Waals surface area contributed by atoms with Crippen molar-refractivity contribution in [1.82, 2.24) is 5.32 Å². The van der Waals surface area contributed by atoms with Crippen LogP contribution in [0.5, 0.6) is 0 Å². The van der Waals surface area contributed by atoms with Gasteiger partial charge in [-0.25, -0.2) is 0 Å². The molecule has 138 valence electrons. The minimum Gasteiger partial charge on any atom is -0.461 e. The molecule has 0 atom stereocenters. The first-order valence-corrected chi connectivity index (χ1v) is 8.90. The van der Waals surface area contributed by atoms with Crippen LogP contribution >= 0.6 is 0 Å². The summed E-state index contributed by atoms with van der Waals surface area (Å²) in [5.41, 5.74) is 3.26. The van der Waals surface area contributed by atoms with Crippen molar-refractivity contribution in [3.63, 3.8) is 0 Å². The molecule has 2 aromatic rings. The number of amides is 1. The molecule has 26 heavy (non-hydrogen) atoms. The minimum absolute atomic E-state index is 0.0956. The molecular weight excluding hydrogens is 326 g/mol. The molecule has 0 aromatic heterocycles. The third kappa shape index (κ3) is 6.71. The van der Waals surface area contributed by atoms with Gasteiger partial charge in [0.2, 0.25) is 5.91 Å². The summed E-state index contributed by atoms with van der Waals surface area (Å²) >= 11 is 0. The lowest BCUT2D eigenvalue weighted by atomic mass is 9.87. The summed E-state index contributed by atoms with van der Waals surface area (Å²) in [4.78, 5) is 23.6. The van der Waals surface area contributed by atoms with E-state index in [1.807, 2.05) is 42.5 Å². The van der Waals surface area contributed by atoms with Gasteiger partial charge in [0.1, 0.15) is 6.61 Å². The Bertz CT molecular complexity index is 715. The number of rotatable bonds is 7. The summed E-state index contributed by atoms with van der Waals surface area (Å²) in [6.45, 7) is 7.02. The van der Waals surface area contributed by atoms with Crippen molar-refractivity contribution in [3.8, 4) is 0 Å². The minimum atomic E-state index is -0.315. The van der Waals surface area contributed by atoms with Gasteiger partial charge in [0, 0.05) is 6.54 Å². The summed E-state index contributed by atoms with van der Waals surface area (Å²) in [5.74, 6) is -0.410. The average molecular weight is 353 g/mol. The number of hydrogen-bond acceptors (Lipinski definition) is 3. The number of benzene rings is 2. The van der Waals surface area contributed by atoms with Crippen LogP contribution in [0.2, 0.25) is 0 Å². The summed E-state index contributed by atoms with van der Waals surface area (Å²) < 4.78 is 5.26. The summed E-state index contributed by atoms with van der Waals surface area (Å²) in [6.07, 6.45) is 0.483. The van der Waals surface area contributed by atoms with Gasteiger partial charge in [-0.1, -0.05) is 75.4 Å². The number of esters is 1. The van der Waals surface area contributed by atoms with E-state index < -0.39 is 0 Å². The molecule has 0 aliphatic heterocycles. The van der Waals surface area contributed by atoms with E-state index in [1.54, 1.807) is 0 Å². The van der Waals surface area contributed by atoms with Crippen molar-refractivity contribution in [2.24, 2.45) is 0 Å². The molecule has 0 bridgehead atoms. The Morgan fingerprint density at radius 2 is 1.58 bits per heavy atom. The molecule has 0 saturated carbocycles. The fraction of sp³-hybridized carbons (Fsp3) is 0.364. The molecule has 1 N–H and O–H groups in total. The van der Waals surface area contributed by atoms with Gasteiger partial charge in [-0.2, -0.15) is 0 Å². The first-order chi connectivity index (χ1) is 12.3. The maximum absolute atomic E-state index is 11.8. The highest BCUT2D eigenvalue weighted by Crippen LogP contribution is 2.22. The number of nitrogens with one attached hydrogen (secondary N) is 1. The van der Waals surface area contributed by atoms with Crippen molar-refractivity contribution < 1.29 is 14.3 Å². The zero-order chi connectivity index (χ0) is 19.0. The van der Waals surface area contributed by atoms with Gasteiger partial charge in [-0.15, -0.1) is 0 Å². The third-order valence-corrected chi connectivity index (χ3v) is 4.08. The summed E-state index contributed by atoms with van der Waals surface area (Å²) in [7, 11) is 0. The molecule has 4 heteroatoms. The molecule has 0 aliphatic carbocycles. The molecule has 0 saturated heterocycles. The maximum Gasteiger partial charge on any atom is 0.307 e. The Kier molecular flexibility index (Phi) is 6.96. The lowest BCUT2D eigenvalue weighted by Crippen LogP contribution is -2.27. The van der Waals surface area contributed by atoms with Crippen LogP contribution < -0.4 is 5.32 Å². The number of carbonyl (C=O) groups excluding carboxylic acids is 2. The average Bonchev–Trinajstić information content (AvgIpc) is 2.60. The number of carbonyl (C=O) groups is 2. The Morgan fingerprint density at radius 1 is 0.923 bits per heavy atom. The standard InChI is InChI=1S/C22H27NO3/c1-22(2,3)19-11-9-18(10-12-19)16-26-21(25)13-14-23-20(24)15-17-7-5-4-6-8-17/h4-12H,13-16H2,1-3H3,(H,23,24). The van der Waals surface area contributed by atoms with Gasteiger partial charge in [0.25, 0.3) is 0 Å². The Labute approximate surface area is 155 Å². The van der Waals surface area contributed by atoms with Crippen molar-refractivity contribution in [2.45, 2.75) is 45.6 Å². The molecular formula is C22H27NO3. The van der Waals surface area contributed by atoms with Gasteiger partial charge in [0.05, 0.1) is 12.8 Å². The van der Waals surface area contributed by atoms with Gasteiger partial charge >= 0.3 is 5.97 Å². The van der Waals surface area contributed by atoms with Crippen LogP contribution in [-0.2, 0) is 32.8 Å². The molecule has 0 fully saturated rings. The van der Waals surface area contributed by atoms with Gasteiger partial charge < -0.3 is 10.1 Å². The number of hydrogen-bond donors (Lipinski definition) is 1. The van der Waals surface area contributed by atoms with Crippen LogP contribution in [0, 0.1) is 0 Å².